The number of rotatable bonds is 5. The van der Waals surface area contributed by atoms with Crippen LogP contribution in [0.2, 0.25) is 0 Å². The van der Waals surface area contributed by atoms with E-state index in [-0.39, 0.29) is 11.4 Å². The van der Waals surface area contributed by atoms with Gasteiger partial charge in [-0.05, 0) is 59.8 Å². The van der Waals surface area contributed by atoms with Crippen LogP contribution in [0.1, 0.15) is 12.5 Å². The Morgan fingerprint density at radius 3 is 2.61 bits per heavy atom. The molecule has 0 radical (unpaired) electrons. The van der Waals surface area contributed by atoms with Crippen LogP contribution in [-0.4, -0.2) is 36.5 Å². The highest BCUT2D eigenvalue weighted by atomic mass is 32.2. The molecule has 0 aliphatic rings. The fourth-order valence-electron chi connectivity index (χ4n) is 2.24. The van der Waals surface area contributed by atoms with Gasteiger partial charge in [0.1, 0.15) is 5.75 Å². The lowest BCUT2D eigenvalue weighted by molar-refractivity contribution is -0.137. The van der Waals surface area contributed by atoms with Gasteiger partial charge in [-0.3, -0.25) is 4.79 Å². The average Bonchev–Trinajstić information content (AvgIpc) is 3.10. The number of amides is 1. The first-order chi connectivity index (χ1) is 13.2. The van der Waals surface area contributed by atoms with Crippen LogP contribution in [0.15, 0.2) is 53.7 Å². The lowest BCUT2D eigenvalue weighted by atomic mass is 10.2. The van der Waals surface area contributed by atoms with Crippen molar-refractivity contribution in [2.24, 2.45) is 0 Å². The number of anilines is 1. The molecule has 0 fully saturated rings. The van der Waals surface area contributed by atoms with Gasteiger partial charge in [0, 0.05) is 5.69 Å². The van der Waals surface area contributed by atoms with Crippen LogP contribution in [0, 0.1) is 0 Å². The number of phenolic OH excluding ortho intramolecular Hbond substituents is 1. The lowest BCUT2D eigenvalue weighted by Gasteiger charge is -2.13. The van der Waals surface area contributed by atoms with Crippen molar-refractivity contribution in [3.8, 4) is 11.4 Å². The molecule has 0 aliphatic carbocycles. The Morgan fingerprint density at radius 1 is 1.21 bits per heavy atom. The lowest BCUT2D eigenvalue weighted by Crippen LogP contribution is -2.23. The number of aromatic nitrogens is 4. The Balaban J connectivity index is 1.71. The number of thioether (sulfide) groups is 1. The van der Waals surface area contributed by atoms with E-state index >= 15 is 0 Å². The van der Waals surface area contributed by atoms with Gasteiger partial charge in [-0.15, -0.1) is 5.10 Å². The number of hydrogen-bond acceptors (Lipinski definition) is 6. The van der Waals surface area contributed by atoms with Crippen molar-refractivity contribution in [2.75, 3.05) is 5.32 Å². The van der Waals surface area contributed by atoms with Crippen molar-refractivity contribution in [1.82, 2.24) is 20.2 Å². The van der Waals surface area contributed by atoms with Gasteiger partial charge in [-0.25, -0.2) is 0 Å². The summed E-state index contributed by atoms with van der Waals surface area (Å²) < 4.78 is 39.8. The predicted molar refractivity (Wildman–Crippen MR) is 96.2 cm³/mol. The largest absolute Gasteiger partial charge is 0.508 e. The molecule has 3 aromatic rings. The zero-order chi connectivity index (χ0) is 20.3. The van der Waals surface area contributed by atoms with Gasteiger partial charge in [0.25, 0.3) is 0 Å². The molecule has 28 heavy (non-hydrogen) atoms. The molecule has 2 aromatic carbocycles. The summed E-state index contributed by atoms with van der Waals surface area (Å²) >= 11 is 1.04. The molecule has 0 saturated heterocycles. The van der Waals surface area contributed by atoms with Crippen molar-refractivity contribution < 1.29 is 23.1 Å². The molecular formula is C17H14F3N5O2S. The summed E-state index contributed by atoms with van der Waals surface area (Å²) in [4.78, 5) is 12.4. The number of nitrogens with zero attached hydrogens (tertiary/aromatic N) is 4. The van der Waals surface area contributed by atoms with Crippen LogP contribution in [0.4, 0.5) is 18.9 Å². The molecular weight excluding hydrogens is 395 g/mol. The molecule has 1 amide bonds. The first-order valence-electron chi connectivity index (χ1n) is 7.96. The molecule has 1 heterocycles. The molecule has 3 rings (SSSR count). The quantitative estimate of drug-likeness (QED) is 0.627. The number of carbonyl (C=O) groups is 1. The van der Waals surface area contributed by atoms with Crippen LogP contribution in [0.5, 0.6) is 5.75 Å². The number of nitrogens with one attached hydrogen (secondary N) is 1. The minimum absolute atomic E-state index is 0.0467. The van der Waals surface area contributed by atoms with E-state index in [9.17, 15) is 23.1 Å². The summed E-state index contributed by atoms with van der Waals surface area (Å²) in [5.74, 6) is -0.413. The number of alkyl halides is 3. The first-order valence-corrected chi connectivity index (χ1v) is 8.84. The normalized spacial score (nSPS) is 12.6. The minimum atomic E-state index is -4.49. The molecule has 1 atom stereocenters. The summed E-state index contributed by atoms with van der Waals surface area (Å²) in [6.45, 7) is 1.59. The molecule has 1 unspecified atom stereocenters. The topological polar surface area (TPSA) is 92.9 Å². The van der Waals surface area contributed by atoms with Crippen LogP contribution in [0.3, 0.4) is 0 Å². The van der Waals surface area contributed by atoms with E-state index in [2.05, 4.69) is 20.8 Å². The molecule has 0 bridgehead atoms. The van der Waals surface area contributed by atoms with E-state index in [1.165, 1.54) is 28.9 Å². The highest BCUT2D eigenvalue weighted by molar-refractivity contribution is 8.00. The van der Waals surface area contributed by atoms with E-state index in [0.29, 0.717) is 10.8 Å². The summed E-state index contributed by atoms with van der Waals surface area (Å²) in [6, 6.07) is 10.5. The third-order valence-corrected chi connectivity index (χ3v) is 4.68. The molecule has 0 saturated carbocycles. The number of tetrazole rings is 1. The molecule has 2 N–H and O–H groups in total. The van der Waals surface area contributed by atoms with Crippen molar-refractivity contribution >= 4 is 23.4 Å². The van der Waals surface area contributed by atoms with Gasteiger partial charge in [-0.1, -0.05) is 17.8 Å². The fraction of sp³-hybridized carbons (Fsp3) is 0.176. The SMILES string of the molecule is CC(Sc1nnnn1-c1ccc(O)cc1)C(=O)Nc1cccc(C(F)(F)F)c1. The Labute approximate surface area is 161 Å². The maximum atomic E-state index is 12.8. The molecule has 0 aliphatic heterocycles. The van der Waals surface area contributed by atoms with E-state index in [1.807, 2.05) is 0 Å². The maximum Gasteiger partial charge on any atom is 0.416 e. The summed E-state index contributed by atoms with van der Waals surface area (Å²) in [7, 11) is 0. The number of halogens is 3. The molecule has 1 aromatic heterocycles. The second-order valence-corrected chi connectivity index (χ2v) is 7.03. The van der Waals surface area contributed by atoms with E-state index in [0.717, 1.165) is 23.9 Å². The van der Waals surface area contributed by atoms with Gasteiger partial charge < -0.3 is 10.4 Å². The molecule has 11 heteroatoms. The Kier molecular flexibility index (Phi) is 5.54. The summed E-state index contributed by atoms with van der Waals surface area (Å²) in [5.41, 5.74) is -0.219. The third kappa shape index (κ3) is 4.60. The van der Waals surface area contributed by atoms with E-state index < -0.39 is 22.9 Å². The van der Waals surface area contributed by atoms with Crippen LogP contribution in [0.25, 0.3) is 5.69 Å². The zero-order valence-electron chi connectivity index (χ0n) is 14.4. The monoisotopic (exact) mass is 409 g/mol. The second kappa shape index (κ2) is 7.89. The highest BCUT2D eigenvalue weighted by Gasteiger charge is 2.30. The van der Waals surface area contributed by atoms with E-state index in [4.69, 9.17) is 0 Å². The first kappa shape index (κ1) is 19.7. The number of benzene rings is 2. The smallest absolute Gasteiger partial charge is 0.416 e. The predicted octanol–water partition coefficient (Wildman–Crippen LogP) is 3.51. The summed E-state index contributed by atoms with van der Waals surface area (Å²) in [5, 5.41) is 22.7. The van der Waals surface area contributed by atoms with Crippen molar-refractivity contribution in [2.45, 2.75) is 23.5 Å². The molecule has 7 nitrogen and oxygen atoms in total. The average molecular weight is 409 g/mol. The van der Waals surface area contributed by atoms with Crippen LogP contribution < -0.4 is 5.32 Å². The Bertz CT molecular complexity index is 975. The molecule has 0 spiro atoms. The molecule has 146 valence electrons. The van der Waals surface area contributed by atoms with Crippen LogP contribution >= 0.6 is 11.8 Å². The van der Waals surface area contributed by atoms with Gasteiger partial charge in [0.2, 0.25) is 11.1 Å². The van der Waals surface area contributed by atoms with Crippen molar-refractivity contribution in [1.29, 1.82) is 0 Å². The standard InChI is InChI=1S/C17H14F3N5O2S/c1-10(15(27)21-12-4-2-3-11(9-12)17(18,19)20)28-16-22-23-24-25(16)13-5-7-14(26)8-6-13/h2-10,26H,1H3,(H,21,27). The zero-order valence-corrected chi connectivity index (χ0v) is 15.2. The van der Waals surface area contributed by atoms with Gasteiger partial charge in [0.05, 0.1) is 16.5 Å². The number of hydrogen-bond donors (Lipinski definition) is 2. The Hall–Kier alpha value is -3.08. The Morgan fingerprint density at radius 2 is 1.93 bits per heavy atom. The highest BCUT2D eigenvalue weighted by Crippen LogP contribution is 2.31. The van der Waals surface area contributed by atoms with Gasteiger partial charge in [0.15, 0.2) is 0 Å². The van der Waals surface area contributed by atoms with Gasteiger partial charge in [-0.2, -0.15) is 17.9 Å². The van der Waals surface area contributed by atoms with E-state index in [1.54, 1.807) is 19.1 Å². The second-order valence-electron chi connectivity index (χ2n) is 5.72. The van der Waals surface area contributed by atoms with Crippen molar-refractivity contribution in [3.63, 3.8) is 0 Å². The maximum absolute atomic E-state index is 12.8. The van der Waals surface area contributed by atoms with Crippen molar-refractivity contribution in [3.05, 3.63) is 54.1 Å². The summed E-state index contributed by atoms with van der Waals surface area (Å²) in [6.07, 6.45) is -4.49. The fourth-order valence-corrected chi connectivity index (χ4v) is 3.04. The number of carbonyl (C=O) groups excluding carboxylic acids is 1. The number of phenols is 1. The third-order valence-electron chi connectivity index (χ3n) is 3.64. The van der Waals surface area contributed by atoms with Crippen LogP contribution in [-0.2, 0) is 11.0 Å². The van der Waals surface area contributed by atoms with Gasteiger partial charge >= 0.3 is 6.18 Å². The minimum Gasteiger partial charge on any atom is -0.508 e. The number of aromatic hydroxyl groups is 1.